The molecule has 0 fully saturated rings. The zero-order valence-corrected chi connectivity index (χ0v) is 11.1. The first kappa shape index (κ1) is 15.2. The number of ether oxygens (including phenoxy) is 1. The SMILES string of the molecule is CCCOC(=O)c1ccc(NC(=O)CCCN)cc1. The summed E-state index contributed by atoms with van der Waals surface area (Å²) in [7, 11) is 0. The standard InChI is InChI=1S/C14H20N2O3/c1-2-10-19-14(18)11-5-7-12(8-6-11)16-13(17)4-3-9-15/h5-8H,2-4,9-10,15H2,1H3,(H,16,17). The average molecular weight is 264 g/mol. The van der Waals surface area contributed by atoms with Crippen LogP contribution < -0.4 is 11.1 Å². The maximum Gasteiger partial charge on any atom is 0.338 e. The lowest BCUT2D eigenvalue weighted by molar-refractivity contribution is -0.116. The highest BCUT2D eigenvalue weighted by molar-refractivity contribution is 5.93. The second-order valence-corrected chi connectivity index (χ2v) is 4.15. The van der Waals surface area contributed by atoms with E-state index in [2.05, 4.69) is 5.32 Å². The molecule has 19 heavy (non-hydrogen) atoms. The Morgan fingerprint density at radius 3 is 2.53 bits per heavy atom. The summed E-state index contributed by atoms with van der Waals surface area (Å²) in [4.78, 5) is 23.0. The second-order valence-electron chi connectivity index (χ2n) is 4.15. The van der Waals surface area contributed by atoms with Crippen molar-refractivity contribution >= 4 is 17.6 Å². The van der Waals surface area contributed by atoms with Gasteiger partial charge in [-0.25, -0.2) is 4.79 Å². The molecule has 0 aliphatic heterocycles. The van der Waals surface area contributed by atoms with Crippen LogP contribution in [0.3, 0.4) is 0 Å². The van der Waals surface area contributed by atoms with Gasteiger partial charge in [0, 0.05) is 12.1 Å². The Bertz CT molecular complexity index is 415. The van der Waals surface area contributed by atoms with E-state index < -0.39 is 0 Å². The Hall–Kier alpha value is -1.88. The molecule has 104 valence electrons. The topological polar surface area (TPSA) is 81.4 Å². The first-order valence-electron chi connectivity index (χ1n) is 6.44. The maximum atomic E-state index is 11.6. The summed E-state index contributed by atoms with van der Waals surface area (Å²) in [5.74, 6) is -0.422. The lowest BCUT2D eigenvalue weighted by Gasteiger charge is -2.06. The van der Waals surface area contributed by atoms with Crippen molar-refractivity contribution in [3.63, 3.8) is 0 Å². The molecular weight excluding hydrogens is 244 g/mol. The molecule has 1 rings (SSSR count). The third kappa shape index (κ3) is 5.52. The van der Waals surface area contributed by atoms with Crippen LogP contribution >= 0.6 is 0 Å². The van der Waals surface area contributed by atoms with Crippen LogP contribution in [-0.4, -0.2) is 25.0 Å². The van der Waals surface area contributed by atoms with Crippen LogP contribution in [0.15, 0.2) is 24.3 Å². The molecule has 0 saturated carbocycles. The van der Waals surface area contributed by atoms with Gasteiger partial charge in [0.25, 0.3) is 0 Å². The number of amides is 1. The second kappa shape index (κ2) is 8.26. The number of rotatable bonds is 7. The number of carbonyl (C=O) groups is 2. The number of nitrogens with one attached hydrogen (secondary N) is 1. The molecule has 5 nitrogen and oxygen atoms in total. The van der Waals surface area contributed by atoms with Crippen molar-refractivity contribution in [3.05, 3.63) is 29.8 Å². The average Bonchev–Trinajstić information content (AvgIpc) is 2.43. The van der Waals surface area contributed by atoms with Gasteiger partial charge in [0.15, 0.2) is 0 Å². The van der Waals surface area contributed by atoms with E-state index >= 15 is 0 Å². The third-order valence-corrected chi connectivity index (χ3v) is 2.45. The predicted molar refractivity (Wildman–Crippen MR) is 73.9 cm³/mol. The molecule has 1 aromatic carbocycles. The fraction of sp³-hybridized carbons (Fsp3) is 0.429. The molecule has 1 aromatic rings. The lowest BCUT2D eigenvalue weighted by atomic mass is 10.2. The fourth-order valence-electron chi connectivity index (χ4n) is 1.45. The van der Waals surface area contributed by atoms with Crippen LogP contribution in [0.4, 0.5) is 5.69 Å². The van der Waals surface area contributed by atoms with E-state index in [-0.39, 0.29) is 11.9 Å². The molecule has 0 atom stereocenters. The number of esters is 1. The molecule has 3 N–H and O–H groups in total. The number of nitrogens with two attached hydrogens (primary N) is 1. The van der Waals surface area contributed by atoms with Gasteiger partial charge in [0.05, 0.1) is 12.2 Å². The number of hydrogen-bond donors (Lipinski definition) is 2. The molecule has 0 saturated heterocycles. The summed E-state index contributed by atoms with van der Waals surface area (Å²) in [6.45, 7) is 2.85. The monoisotopic (exact) mass is 264 g/mol. The van der Waals surface area contributed by atoms with Gasteiger partial charge in [-0.3, -0.25) is 4.79 Å². The molecule has 0 bridgehead atoms. The van der Waals surface area contributed by atoms with Gasteiger partial charge in [-0.15, -0.1) is 0 Å². The predicted octanol–water partition coefficient (Wildman–Crippen LogP) is 1.93. The Morgan fingerprint density at radius 2 is 1.95 bits per heavy atom. The Labute approximate surface area is 113 Å². The van der Waals surface area contributed by atoms with Crippen molar-refractivity contribution in [1.29, 1.82) is 0 Å². The van der Waals surface area contributed by atoms with Gasteiger partial charge in [0.2, 0.25) is 5.91 Å². The molecule has 0 aliphatic carbocycles. The van der Waals surface area contributed by atoms with E-state index in [1.807, 2.05) is 6.92 Å². The van der Waals surface area contributed by atoms with Crippen molar-refractivity contribution in [2.24, 2.45) is 5.73 Å². The molecule has 5 heteroatoms. The zero-order chi connectivity index (χ0) is 14.1. The van der Waals surface area contributed by atoms with Crippen LogP contribution in [0.2, 0.25) is 0 Å². The Balaban J connectivity index is 2.51. The quantitative estimate of drug-likeness (QED) is 0.737. The summed E-state index contributed by atoms with van der Waals surface area (Å²) >= 11 is 0. The van der Waals surface area contributed by atoms with E-state index in [1.165, 1.54) is 0 Å². The Kier molecular flexibility index (Phi) is 6.60. The first-order chi connectivity index (χ1) is 9.17. The highest BCUT2D eigenvalue weighted by Crippen LogP contribution is 2.11. The van der Waals surface area contributed by atoms with Gasteiger partial charge >= 0.3 is 5.97 Å². The van der Waals surface area contributed by atoms with Crippen LogP contribution in [0.5, 0.6) is 0 Å². The van der Waals surface area contributed by atoms with E-state index in [0.717, 1.165) is 6.42 Å². The minimum absolute atomic E-state index is 0.0771. The molecule has 0 unspecified atom stereocenters. The maximum absolute atomic E-state index is 11.6. The van der Waals surface area contributed by atoms with Gasteiger partial charge in [-0.05, 0) is 43.7 Å². The highest BCUT2D eigenvalue weighted by Gasteiger charge is 2.07. The smallest absolute Gasteiger partial charge is 0.338 e. The van der Waals surface area contributed by atoms with Gasteiger partial charge in [-0.2, -0.15) is 0 Å². The van der Waals surface area contributed by atoms with Crippen LogP contribution in [0, 0.1) is 0 Å². The van der Waals surface area contributed by atoms with Crippen LogP contribution in [-0.2, 0) is 9.53 Å². The third-order valence-electron chi connectivity index (χ3n) is 2.45. The number of carbonyl (C=O) groups excluding carboxylic acids is 2. The van der Waals surface area contributed by atoms with E-state index in [1.54, 1.807) is 24.3 Å². The highest BCUT2D eigenvalue weighted by atomic mass is 16.5. The molecule has 1 amide bonds. The molecule has 0 aromatic heterocycles. The van der Waals surface area contributed by atoms with Gasteiger partial charge < -0.3 is 15.8 Å². The lowest BCUT2D eigenvalue weighted by Crippen LogP contribution is -2.13. The number of benzene rings is 1. The van der Waals surface area contributed by atoms with E-state index in [4.69, 9.17) is 10.5 Å². The molecule has 0 spiro atoms. The van der Waals surface area contributed by atoms with Crippen LogP contribution in [0.1, 0.15) is 36.5 Å². The molecular formula is C14H20N2O3. The van der Waals surface area contributed by atoms with Crippen LogP contribution in [0.25, 0.3) is 0 Å². The summed E-state index contributed by atoms with van der Waals surface area (Å²) < 4.78 is 5.01. The summed E-state index contributed by atoms with van der Waals surface area (Å²) in [5, 5.41) is 2.74. The fourth-order valence-corrected chi connectivity index (χ4v) is 1.45. The zero-order valence-electron chi connectivity index (χ0n) is 11.1. The minimum atomic E-state index is -0.345. The number of anilines is 1. The van der Waals surface area contributed by atoms with Gasteiger partial charge in [-0.1, -0.05) is 6.92 Å². The Morgan fingerprint density at radius 1 is 1.26 bits per heavy atom. The van der Waals surface area contributed by atoms with Crippen molar-refractivity contribution in [2.75, 3.05) is 18.5 Å². The van der Waals surface area contributed by atoms with E-state index in [9.17, 15) is 9.59 Å². The molecule has 0 aliphatic rings. The summed E-state index contributed by atoms with van der Waals surface area (Å²) in [5.41, 5.74) is 6.47. The summed E-state index contributed by atoms with van der Waals surface area (Å²) in [6.07, 6.45) is 1.85. The molecule has 0 heterocycles. The van der Waals surface area contributed by atoms with Crippen molar-refractivity contribution < 1.29 is 14.3 Å². The van der Waals surface area contributed by atoms with Crippen molar-refractivity contribution in [1.82, 2.24) is 0 Å². The van der Waals surface area contributed by atoms with Crippen molar-refractivity contribution in [3.8, 4) is 0 Å². The van der Waals surface area contributed by atoms with Crippen molar-refractivity contribution in [2.45, 2.75) is 26.2 Å². The minimum Gasteiger partial charge on any atom is -0.462 e. The van der Waals surface area contributed by atoms with E-state index in [0.29, 0.717) is 37.2 Å². The first-order valence-corrected chi connectivity index (χ1v) is 6.44. The largest absolute Gasteiger partial charge is 0.462 e. The summed E-state index contributed by atoms with van der Waals surface area (Å²) in [6, 6.07) is 6.64. The number of hydrogen-bond acceptors (Lipinski definition) is 4. The molecule has 0 radical (unpaired) electrons. The normalized spacial score (nSPS) is 10.0. The van der Waals surface area contributed by atoms with Gasteiger partial charge in [0.1, 0.15) is 0 Å².